The first kappa shape index (κ1) is 13.4. The zero-order valence-electron chi connectivity index (χ0n) is 11.8. The molecule has 0 spiro atoms. The van der Waals surface area contributed by atoms with E-state index >= 15 is 0 Å². The topological polar surface area (TPSA) is 79.5 Å². The molecule has 0 saturated carbocycles. The highest BCUT2D eigenvalue weighted by molar-refractivity contribution is 5.94. The number of aromatic nitrogens is 1. The van der Waals surface area contributed by atoms with E-state index in [1.807, 2.05) is 18.2 Å². The molecule has 21 heavy (non-hydrogen) atoms. The van der Waals surface area contributed by atoms with Crippen LogP contribution in [0, 0.1) is 5.92 Å². The monoisotopic (exact) mass is 283 g/mol. The van der Waals surface area contributed by atoms with Crippen molar-refractivity contribution in [1.82, 2.24) is 4.98 Å². The number of hydrogen-bond donors (Lipinski definition) is 2. The lowest BCUT2D eigenvalue weighted by Gasteiger charge is -2.34. The van der Waals surface area contributed by atoms with Gasteiger partial charge in [0.25, 0.3) is 0 Å². The highest BCUT2D eigenvalue weighted by Gasteiger charge is 2.24. The highest BCUT2D eigenvalue weighted by Crippen LogP contribution is 2.34. The Morgan fingerprint density at radius 1 is 1.43 bits per heavy atom. The third kappa shape index (κ3) is 2.42. The molecule has 3 N–H and O–H groups in total. The van der Waals surface area contributed by atoms with Crippen LogP contribution in [0.15, 0.2) is 36.5 Å². The number of para-hydroxylation sites is 1. The zero-order chi connectivity index (χ0) is 15.0. The molecule has 0 fully saturated rings. The number of carbonyl (C=O) groups is 1. The maximum absolute atomic E-state index is 11.2. The molecule has 3 rings (SSSR count). The molecule has 1 atom stereocenters. The van der Waals surface area contributed by atoms with E-state index in [9.17, 15) is 9.90 Å². The van der Waals surface area contributed by atoms with Gasteiger partial charge in [-0.25, -0.2) is 9.78 Å². The summed E-state index contributed by atoms with van der Waals surface area (Å²) in [4.78, 5) is 17.6. The summed E-state index contributed by atoms with van der Waals surface area (Å²) in [5.41, 5.74) is 8.30. The molecule has 5 nitrogen and oxygen atoms in total. The Balaban J connectivity index is 2.08. The smallest absolute Gasteiger partial charge is 0.337 e. The lowest BCUT2D eigenvalue weighted by molar-refractivity contribution is 0.0698. The predicted molar refractivity (Wildman–Crippen MR) is 81.9 cm³/mol. The van der Waals surface area contributed by atoms with Crippen LogP contribution in [0.25, 0.3) is 0 Å². The van der Waals surface area contributed by atoms with Crippen LogP contribution in [0.4, 0.5) is 17.2 Å². The Bertz CT molecular complexity index is 700. The van der Waals surface area contributed by atoms with E-state index in [1.54, 1.807) is 6.07 Å². The van der Waals surface area contributed by atoms with Gasteiger partial charge in [0, 0.05) is 12.2 Å². The van der Waals surface area contributed by atoms with Crippen molar-refractivity contribution in [3.8, 4) is 0 Å². The Morgan fingerprint density at radius 3 is 2.95 bits per heavy atom. The fraction of sp³-hybridized carbons (Fsp3) is 0.250. The summed E-state index contributed by atoms with van der Waals surface area (Å²) in [5, 5.41) is 9.21. The molecule has 1 aromatic carbocycles. The van der Waals surface area contributed by atoms with Gasteiger partial charge in [-0.3, -0.25) is 0 Å². The molecular formula is C16H17N3O2. The number of hydrogen-bond acceptors (Lipinski definition) is 4. The van der Waals surface area contributed by atoms with Crippen molar-refractivity contribution in [3.05, 3.63) is 47.7 Å². The number of aromatic carboxylic acids is 1. The Hall–Kier alpha value is -2.56. The van der Waals surface area contributed by atoms with Gasteiger partial charge in [-0.2, -0.15) is 0 Å². The fourth-order valence-electron chi connectivity index (χ4n) is 2.80. The zero-order valence-corrected chi connectivity index (χ0v) is 11.8. The van der Waals surface area contributed by atoms with E-state index in [4.69, 9.17) is 5.73 Å². The quantitative estimate of drug-likeness (QED) is 0.885. The third-order valence-electron chi connectivity index (χ3n) is 3.77. The SMILES string of the molecule is CC1Cc2ccccc2N(c2cc(C(=O)O)c(N)cn2)C1. The number of benzene rings is 1. The van der Waals surface area contributed by atoms with Gasteiger partial charge in [0.1, 0.15) is 5.82 Å². The predicted octanol–water partition coefficient (Wildman–Crippen LogP) is 2.69. The first-order valence-electron chi connectivity index (χ1n) is 6.90. The number of nitrogens with zero attached hydrogens (tertiary/aromatic N) is 2. The van der Waals surface area contributed by atoms with E-state index in [0.29, 0.717) is 11.7 Å². The second-order valence-electron chi connectivity index (χ2n) is 5.48. The van der Waals surface area contributed by atoms with Gasteiger partial charge in [-0.15, -0.1) is 0 Å². The van der Waals surface area contributed by atoms with Crippen LogP contribution < -0.4 is 10.6 Å². The van der Waals surface area contributed by atoms with E-state index in [1.165, 1.54) is 11.8 Å². The number of rotatable bonds is 2. The first-order valence-corrected chi connectivity index (χ1v) is 6.90. The first-order chi connectivity index (χ1) is 10.1. The normalized spacial score (nSPS) is 17.4. The summed E-state index contributed by atoms with van der Waals surface area (Å²) >= 11 is 0. The summed E-state index contributed by atoms with van der Waals surface area (Å²) in [7, 11) is 0. The van der Waals surface area contributed by atoms with Crippen LogP contribution in [-0.2, 0) is 6.42 Å². The maximum atomic E-state index is 11.2. The summed E-state index contributed by atoms with van der Waals surface area (Å²) in [6.07, 6.45) is 2.44. The highest BCUT2D eigenvalue weighted by atomic mass is 16.4. The molecular weight excluding hydrogens is 266 g/mol. The molecule has 1 aliphatic rings. The molecule has 0 saturated heterocycles. The maximum Gasteiger partial charge on any atom is 0.337 e. The number of carboxylic acid groups (broad SMARTS) is 1. The van der Waals surface area contributed by atoms with Crippen molar-refractivity contribution in [3.63, 3.8) is 0 Å². The van der Waals surface area contributed by atoms with Crippen molar-refractivity contribution in [2.75, 3.05) is 17.2 Å². The van der Waals surface area contributed by atoms with Crippen LogP contribution in [0.2, 0.25) is 0 Å². The van der Waals surface area contributed by atoms with Crippen LogP contribution >= 0.6 is 0 Å². The summed E-state index contributed by atoms with van der Waals surface area (Å²) in [5.74, 6) is 0.0719. The number of nitrogen functional groups attached to an aromatic ring is 1. The molecule has 0 amide bonds. The van der Waals surface area contributed by atoms with Gasteiger partial charge < -0.3 is 15.7 Å². The standard InChI is InChI=1S/C16H17N3O2/c1-10-6-11-4-2-3-5-14(11)19(9-10)15-7-12(16(20)21)13(17)8-18-15/h2-5,7-8,10H,6,9,17H2,1H3,(H,20,21). The second kappa shape index (κ2) is 5.09. The summed E-state index contributed by atoms with van der Waals surface area (Å²) in [6, 6.07) is 9.70. The molecule has 1 unspecified atom stereocenters. The minimum absolute atomic E-state index is 0.0932. The number of nitrogens with two attached hydrogens (primary N) is 1. The minimum atomic E-state index is -1.03. The lowest BCUT2D eigenvalue weighted by Crippen LogP contribution is -2.31. The van der Waals surface area contributed by atoms with E-state index in [-0.39, 0.29) is 11.3 Å². The molecule has 2 aromatic rings. The largest absolute Gasteiger partial charge is 0.478 e. The molecule has 0 aliphatic carbocycles. The van der Waals surface area contributed by atoms with Gasteiger partial charge in [0.15, 0.2) is 0 Å². The molecule has 108 valence electrons. The Kier molecular flexibility index (Phi) is 3.25. The molecule has 2 heterocycles. The molecule has 0 radical (unpaired) electrons. The molecule has 1 aliphatic heterocycles. The van der Waals surface area contributed by atoms with Gasteiger partial charge in [0.2, 0.25) is 0 Å². The van der Waals surface area contributed by atoms with Gasteiger partial charge in [-0.05, 0) is 30.0 Å². The number of pyridine rings is 1. The van der Waals surface area contributed by atoms with Crippen molar-refractivity contribution >= 4 is 23.2 Å². The van der Waals surface area contributed by atoms with E-state index in [0.717, 1.165) is 18.7 Å². The van der Waals surface area contributed by atoms with Crippen LogP contribution in [0.3, 0.4) is 0 Å². The average molecular weight is 283 g/mol. The summed E-state index contributed by atoms with van der Waals surface area (Å²) in [6.45, 7) is 2.99. The van der Waals surface area contributed by atoms with E-state index < -0.39 is 5.97 Å². The number of carboxylic acids is 1. The van der Waals surface area contributed by atoms with Crippen LogP contribution in [-0.4, -0.2) is 22.6 Å². The van der Waals surface area contributed by atoms with Gasteiger partial charge >= 0.3 is 5.97 Å². The Labute approximate surface area is 123 Å². The van der Waals surface area contributed by atoms with Crippen molar-refractivity contribution < 1.29 is 9.90 Å². The number of fused-ring (bicyclic) bond motifs is 1. The average Bonchev–Trinajstić information content (AvgIpc) is 2.46. The van der Waals surface area contributed by atoms with Crippen molar-refractivity contribution in [2.45, 2.75) is 13.3 Å². The fourth-order valence-corrected chi connectivity index (χ4v) is 2.80. The van der Waals surface area contributed by atoms with Crippen molar-refractivity contribution in [1.29, 1.82) is 0 Å². The molecule has 0 bridgehead atoms. The number of anilines is 3. The third-order valence-corrected chi connectivity index (χ3v) is 3.77. The van der Waals surface area contributed by atoms with Gasteiger partial charge in [0.05, 0.1) is 17.4 Å². The second-order valence-corrected chi connectivity index (χ2v) is 5.48. The van der Waals surface area contributed by atoms with Crippen LogP contribution in [0.5, 0.6) is 0 Å². The lowest BCUT2D eigenvalue weighted by atomic mass is 9.94. The Morgan fingerprint density at radius 2 is 2.19 bits per heavy atom. The molecule has 1 aromatic heterocycles. The van der Waals surface area contributed by atoms with E-state index in [2.05, 4.69) is 22.9 Å². The van der Waals surface area contributed by atoms with Crippen molar-refractivity contribution in [2.24, 2.45) is 5.92 Å². The van der Waals surface area contributed by atoms with Crippen LogP contribution in [0.1, 0.15) is 22.8 Å². The minimum Gasteiger partial charge on any atom is -0.478 e. The van der Waals surface area contributed by atoms with Gasteiger partial charge in [-0.1, -0.05) is 25.1 Å². The molecule has 5 heteroatoms. The summed E-state index contributed by atoms with van der Waals surface area (Å²) < 4.78 is 0.